The summed E-state index contributed by atoms with van der Waals surface area (Å²) in [6.07, 6.45) is -3.71. The minimum atomic E-state index is -4.50. The van der Waals surface area contributed by atoms with E-state index in [1.165, 1.54) is 13.0 Å². The molecule has 0 aromatic carbocycles. The summed E-state index contributed by atoms with van der Waals surface area (Å²) in [7, 11) is 0. The van der Waals surface area contributed by atoms with Gasteiger partial charge < -0.3 is 10.6 Å². The lowest BCUT2D eigenvalue weighted by molar-refractivity contribution is -0.141. The fourth-order valence-electron chi connectivity index (χ4n) is 2.48. The summed E-state index contributed by atoms with van der Waals surface area (Å²) in [5, 5.41) is 0. The molecule has 0 saturated carbocycles. The smallest absolute Gasteiger partial charge is 0.338 e. The Hall–Kier alpha value is -1.63. The maximum atomic E-state index is 12.6. The number of aromatic nitrogens is 1. The second-order valence-electron chi connectivity index (χ2n) is 5.82. The van der Waals surface area contributed by atoms with Gasteiger partial charge in [-0.25, -0.2) is 4.98 Å². The first-order valence-corrected chi connectivity index (χ1v) is 6.70. The number of carbonyl (C=O) groups is 1. The molecule has 21 heavy (non-hydrogen) atoms. The van der Waals surface area contributed by atoms with E-state index in [4.69, 9.17) is 5.73 Å². The summed E-state index contributed by atoms with van der Waals surface area (Å²) in [5.41, 5.74) is 4.89. The van der Waals surface area contributed by atoms with Crippen LogP contribution >= 0.6 is 0 Å². The molecule has 2 rings (SSSR count). The van der Waals surface area contributed by atoms with E-state index < -0.39 is 11.9 Å². The Morgan fingerprint density at radius 2 is 2.14 bits per heavy atom. The third-order valence-electron chi connectivity index (χ3n) is 3.94. The van der Waals surface area contributed by atoms with Gasteiger partial charge in [0.25, 0.3) is 5.91 Å². The number of pyridine rings is 1. The van der Waals surface area contributed by atoms with Crippen LogP contribution in [0.25, 0.3) is 0 Å². The van der Waals surface area contributed by atoms with Crippen LogP contribution in [0.1, 0.15) is 35.1 Å². The van der Waals surface area contributed by atoms with E-state index in [1.54, 1.807) is 4.90 Å². The zero-order valence-electron chi connectivity index (χ0n) is 12.0. The molecule has 1 aliphatic heterocycles. The van der Waals surface area contributed by atoms with E-state index in [0.29, 0.717) is 19.6 Å². The third kappa shape index (κ3) is 3.18. The number of aryl methyl sites for hydroxylation is 1. The number of alkyl halides is 3. The number of hydrogen-bond acceptors (Lipinski definition) is 3. The highest BCUT2D eigenvalue weighted by atomic mass is 19.4. The normalized spacial score (nSPS) is 22.7. The van der Waals surface area contributed by atoms with Crippen molar-refractivity contribution in [2.24, 2.45) is 11.1 Å². The molecule has 0 bridgehead atoms. The van der Waals surface area contributed by atoms with Crippen LogP contribution in [-0.4, -0.2) is 35.4 Å². The average molecular weight is 301 g/mol. The first-order valence-electron chi connectivity index (χ1n) is 6.70. The fraction of sp³-hybridized carbons (Fsp3) is 0.571. The van der Waals surface area contributed by atoms with E-state index in [2.05, 4.69) is 4.98 Å². The lowest BCUT2D eigenvalue weighted by Crippen LogP contribution is -2.35. The van der Waals surface area contributed by atoms with Crippen LogP contribution in [0.5, 0.6) is 0 Å². The molecule has 1 fully saturated rings. The molecular formula is C14H18F3N3O. The minimum absolute atomic E-state index is 0.0937. The number of nitrogens with two attached hydrogens (primary N) is 1. The van der Waals surface area contributed by atoms with Crippen molar-refractivity contribution < 1.29 is 18.0 Å². The third-order valence-corrected chi connectivity index (χ3v) is 3.94. The van der Waals surface area contributed by atoms with E-state index in [-0.39, 0.29) is 22.6 Å². The van der Waals surface area contributed by atoms with Crippen molar-refractivity contribution in [3.63, 3.8) is 0 Å². The molecule has 2 heterocycles. The molecule has 1 aromatic rings. The van der Waals surface area contributed by atoms with Crippen LogP contribution in [0, 0.1) is 12.3 Å². The molecule has 0 aliphatic carbocycles. The van der Waals surface area contributed by atoms with Crippen molar-refractivity contribution in [1.29, 1.82) is 0 Å². The number of nitrogens with zero attached hydrogens (tertiary/aromatic N) is 2. The minimum Gasteiger partial charge on any atom is -0.338 e. The van der Waals surface area contributed by atoms with Crippen molar-refractivity contribution in [2.75, 3.05) is 19.6 Å². The number of amides is 1. The zero-order chi connectivity index (χ0) is 15.8. The predicted molar refractivity (Wildman–Crippen MR) is 71.7 cm³/mol. The summed E-state index contributed by atoms with van der Waals surface area (Å²) in [5.74, 6) is -0.286. The summed E-state index contributed by atoms with van der Waals surface area (Å²) in [6, 6.07) is 2.05. The molecule has 0 radical (unpaired) electrons. The molecule has 116 valence electrons. The number of halogens is 3. The van der Waals surface area contributed by atoms with Crippen molar-refractivity contribution in [1.82, 2.24) is 9.88 Å². The highest BCUT2D eigenvalue weighted by Gasteiger charge is 2.37. The van der Waals surface area contributed by atoms with Gasteiger partial charge in [-0.15, -0.1) is 0 Å². The molecule has 1 aromatic heterocycles. The second-order valence-corrected chi connectivity index (χ2v) is 5.82. The predicted octanol–water partition coefficient (Wildman–Crippen LogP) is 2.22. The van der Waals surface area contributed by atoms with Gasteiger partial charge in [0, 0.05) is 13.1 Å². The van der Waals surface area contributed by atoms with Crippen LogP contribution in [0.3, 0.4) is 0 Å². The largest absolute Gasteiger partial charge is 0.433 e. The average Bonchev–Trinajstić information content (AvgIpc) is 2.80. The standard InChI is InChI=1S/C14H18F3N3O/c1-9-10(3-4-11(19-9)14(15,16)17)12(21)20-6-5-13(2,7-18)8-20/h3-4H,5-8,18H2,1-2H3. The van der Waals surface area contributed by atoms with E-state index >= 15 is 0 Å². The maximum Gasteiger partial charge on any atom is 0.433 e. The van der Waals surface area contributed by atoms with Crippen molar-refractivity contribution in [3.05, 3.63) is 29.1 Å². The molecule has 1 saturated heterocycles. The summed E-state index contributed by atoms with van der Waals surface area (Å²) in [6.45, 7) is 4.97. The van der Waals surface area contributed by atoms with Gasteiger partial charge in [-0.1, -0.05) is 6.92 Å². The Labute approximate surface area is 121 Å². The molecule has 4 nitrogen and oxygen atoms in total. The van der Waals surface area contributed by atoms with Gasteiger partial charge in [0.15, 0.2) is 0 Å². The molecular weight excluding hydrogens is 283 g/mol. The Morgan fingerprint density at radius 3 is 2.62 bits per heavy atom. The summed E-state index contributed by atoms with van der Waals surface area (Å²) >= 11 is 0. The number of likely N-dealkylation sites (tertiary alicyclic amines) is 1. The molecule has 1 unspecified atom stereocenters. The molecule has 7 heteroatoms. The first kappa shape index (κ1) is 15.8. The van der Waals surface area contributed by atoms with E-state index in [0.717, 1.165) is 12.5 Å². The maximum absolute atomic E-state index is 12.6. The molecule has 2 N–H and O–H groups in total. The number of carbonyl (C=O) groups excluding carboxylic acids is 1. The first-order chi connectivity index (χ1) is 9.66. The Balaban J connectivity index is 2.21. The lowest BCUT2D eigenvalue weighted by Gasteiger charge is -2.23. The van der Waals surface area contributed by atoms with Crippen LogP contribution in [0.4, 0.5) is 13.2 Å². The summed E-state index contributed by atoms with van der Waals surface area (Å²) in [4.78, 5) is 17.5. The summed E-state index contributed by atoms with van der Waals surface area (Å²) < 4.78 is 37.7. The Kier molecular flexibility index (Phi) is 3.97. The van der Waals surface area contributed by atoms with E-state index in [1.807, 2.05) is 6.92 Å². The van der Waals surface area contributed by atoms with Gasteiger partial charge in [0.2, 0.25) is 0 Å². The van der Waals surface area contributed by atoms with Crippen molar-refractivity contribution >= 4 is 5.91 Å². The lowest BCUT2D eigenvalue weighted by atomic mass is 9.90. The molecule has 1 atom stereocenters. The van der Waals surface area contributed by atoms with E-state index in [9.17, 15) is 18.0 Å². The fourth-order valence-corrected chi connectivity index (χ4v) is 2.48. The van der Waals surface area contributed by atoms with Gasteiger partial charge >= 0.3 is 6.18 Å². The molecule has 1 amide bonds. The topological polar surface area (TPSA) is 59.2 Å². The monoisotopic (exact) mass is 301 g/mol. The SMILES string of the molecule is Cc1nc(C(F)(F)F)ccc1C(=O)N1CCC(C)(CN)C1. The van der Waals surface area contributed by atoms with Crippen LogP contribution < -0.4 is 5.73 Å². The van der Waals surface area contributed by atoms with Gasteiger partial charge in [0.05, 0.1) is 11.3 Å². The van der Waals surface area contributed by atoms with Crippen molar-refractivity contribution in [2.45, 2.75) is 26.4 Å². The second kappa shape index (κ2) is 5.29. The number of rotatable bonds is 2. The van der Waals surface area contributed by atoms with Crippen LogP contribution in [0.15, 0.2) is 12.1 Å². The zero-order valence-corrected chi connectivity index (χ0v) is 12.0. The van der Waals surface area contributed by atoms with Gasteiger partial charge in [-0.2, -0.15) is 13.2 Å². The van der Waals surface area contributed by atoms with Gasteiger partial charge in [-0.3, -0.25) is 4.79 Å². The van der Waals surface area contributed by atoms with Gasteiger partial charge in [-0.05, 0) is 37.4 Å². The van der Waals surface area contributed by atoms with Crippen molar-refractivity contribution in [3.8, 4) is 0 Å². The molecule has 1 aliphatic rings. The number of hydrogen-bond donors (Lipinski definition) is 1. The Bertz CT molecular complexity index is 559. The quantitative estimate of drug-likeness (QED) is 0.911. The highest BCUT2D eigenvalue weighted by Crippen LogP contribution is 2.31. The van der Waals surface area contributed by atoms with Crippen LogP contribution in [-0.2, 0) is 6.18 Å². The van der Waals surface area contributed by atoms with Gasteiger partial charge in [0.1, 0.15) is 5.69 Å². The highest BCUT2D eigenvalue weighted by molar-refractivity contribution is 5.95. The van der Waals surface area contributed by atoms with Crippen LogP contribution in [0.2, 0.25) is 0 Å². The molecule has 0 spiro atoms. The Morgan fingerprint density at radius 1 is 1.48 bits per heavy atom.